The summed E-state index contributed by atoms with van der Waals surface area (Å²) in [5, 5.41) is 44.0. The summed E-state index contributed by atoms with van der Waals surface area (Å²) < 4.78 is 5.10. The first-order valence-electron chi connectivity index (χ1n) is 17.6. The second-order valence-electron chi connectivity index (χ2n) is 12.0. The normalized spacial score (nSPS) is 9.92. The van der Waals surface area contributed by atoms with Gasteiger partial charge >= 0.3 is 0 Å². The summed E-state index contributed by atoms with van der Waals surface area (Å²) in [6.07, 6.45) is 14.3. The Morgan fingerprint density at radius 1 is 0.678 bits per heavy atom. The summed E-state index contributed by atoms with van der Waals surface area (Å²) in [6, 6.07) is 49.4. The van der Waals surface area contributed by atoms with E-state index in [1.165, 1.54) is 29.3 Å². The molecule has 0 saturated heterocycles. The number of phenolic OH excluding ortho intramolecular Hbond substituents is 2. The third kappa shape index (κ3) is 19.7. The molecular formula is C49H40N5O3SY-. The van der Waals surface area contributed by atoms with E-state index in [9.17, 15) is 0 Å². The Morgan fingerprint density at radius 2 is 1.17 bits per heavy atom. The molecule has 0 unspecified atom stereocenters. The molecule has 0 amide bonds. The minimum absolute atomic E-state index is 0. The molecule has 59 heavy (non-hydrogen) atoms. The van der Waals surface area contributed by atoms with Gasteiger partial charge in [0.25, 0.3) is 0 Å². The number of ether oxygens (including phenoxy) is 1. The smallest absolute Gasteiger partial charge is 0.130 e. The number of hydrogen-bond donors (Lipinski definition) is 3. The predicted octanol–water partition coefficient (Wildman–Crippen LogP) is 10.6. The van der Waals surface area contributed by atoms with E-state index in [4.69, 9.17) is 36.5 Å². The molecule has 4 N–H and O–H groups in total. The number of pyridine rings is 1. The second kappa shape index (κ2) is 27.6. The first-order valence-corrected chi connectivity index (χ1v) is 18.0. The van der Waals surface area contributed by atoms with Crippen LogP contribution in [0.15, 0.2) is 158 Å². The maximum absolute atomic E-state index is 9.15. The van der Waals surface area contributed by atoms with E-state index < -0.39 is 0 Å². The average molecular weight is 868 g/mol. The molecule has 0 aliphatic rings. The van der Waals surface area contributed by atoms with Gasteiger partial charge in [0, 0.05) is 50.7 Å². The number of rotatable bonds is 8. The van der Waals surface area contributed by atoms with Gasteiger partial charge in [-0.2, -0.15) is 46.1 Å². The molecule has 0 spiro atoms. The minimum Gasteiger partial charge on any atom is -0.508 e. The van der Waals surface area contributed by atoms with E-state index in [1.807, 2.05) is 97.9 Å². The molecule has 0 bridgehead atoms. The molecule has 1 aromatic heterocycles. The number of phenols is 2. The summed E-state index contributed by atoms with van der Waals surface area (Å²) in [4.78, 5) is 4.37. The third-order valence-electron chi connectivity index (χ3n) is 7.59. The fraction of sp³-hybridized carbons (Fsp3) is 0.0408. The van der Waals surface area contributed by atoms with Crippen LogP contribution in [-0.4, -0.2) is 27.3 Å². The Labute approximate surface area is 376 Å². The fourth-order valence-electron chi connectivity index (χ4n) is 4.54. The van der Waals surface area contributed by atoms with Crippen molar-refractivity contribution in [3.8, 4) is 35.5 Å². The van der Waals surface area contributed by atoms with Crippen molar-refractivity contribution in [2.75, 3.05) is 7.11 Å². The fourth-order valence-corrected chi connectivity index (χ4v) is 4.61. The molecule has 0 aliphatic carbocycles. The van der Waals surface area contributed by atoms with Crippen LogP contribution in [0.4, 0.5) is 0 Å². The second-order valence-corrected chi connectivity index (χ2v) is 12.4. The van der Waals surface area contributed by atoms with Crippen molar-refractivity contribution in [2.45, 2.75) is 6.92 Å². The van der Waals surface area contributed by atoms with Crippen molar-refractivity contribution in [2.24, 2.45) is 5.73 Å². The van der Waals surface area contributed by atoms with Crippen LogP contribution in [0.2, 0.25) is 0 Å². The molecule has 5 aromatic carbocycles. The van der Waals surface area contributed by atoms with Crippen LogP contribution < -0.4 is 10.5 Å². The monoisotopic (exact) mass is 867 g/mol. The van der Waals surface area contributed by atoms with Crippen LogP contribution in [-0.2, 0) is 32.7 Å². The Bertz CT molecular complexity index is 2410. The van der Waals surface area contributed by atoms with E-state index >= 15 is 0 Å². The summed E-state index contributed by atoms with van der Waals surface area (Å²) in [5.41, 5.74) is 13.0. The third-order valence-corrected chi connectivity index (χ3v) is 7.72. The Kier molecular flexibility index (Phi) is 22.6. The van der Waals surface area contributed by atoms with Gasteiger partial charge in [0.15, 0.2) is 0 Å². The number of methoxy groups -OCH3 is 1. The van der Waals surface area contributed by atoms with Crippen molar-refractivity contribution in [1.29, 1.82) is 15.8 Å². The zero-order valence-corrected chi connectivity index (χ0v) is 36.1. The van der Waals surface area contributed by atoms with E-state index in [0.29, 0.717) is 10.6 Å². The van der Waals surface area contributed by atoms with Gasteiger partial charge in [-0.05, 0) is 89.9 Å². The Morgan fingerprint density at radius 3 is 1.66 bits per heavy atom. The first-order chi connectivity index (χ1) is 28.1. The van der Waals surface area contributed by atoms with Crippen LogP contribution in [0.3, 0.4) is 0 Å². The van der Waals surface area contributed by atoms with Crippen LogP contribution in [0, 0.1) is 47.0 Å². The van der Waals surface area contributed by atoms with Gasteiger partial charge < -0.3 is 20.7 Å². The zero-order valence-electron chi connectivity index (χ0n) is 32.5. The standard InChI is InChI=1S/C15H12N2.C15H13O.C10H6N2O.C9H9NOS.Y/c1-12-4-6-13(7-5-12)9-15(10-16)14-3-2-8-17-11-14;1-16-15-11-9-14(10-12-15)8-7-13-5-3-2-4-6-13;11-6-9(7-12)5-8-1-3-10(13)4-2-8;10-9(12)6-3-7-1-4-8(11)5-2-7;/h2-9,11H,1H3;3-12H,1H3;1-5,13H;1-6,11H,(H2,10,12);/q;-1;;;/b15-9+;8-7+;;6-3+;. The molecule has 6 aromatic rings. The van der Waals surface area contributed by atoms with Gasteiger partial charge in [-0.25, -0.2) is 0 Å². The zero-order chi connectivity index (χ0) is 42.0. The topological polar surface area (TPSA) is 160 Å². The van der Waals surface area contributed by atoms with Crippen LogP contribution in [0.5, 0.6) is 17.2 Å². The molecule has 0 aliphatic heterocycles. The molecular weight excluding hydrogens is 828 g/mol. The molecule has 10 heteroatoms. The minimum atomic E-state index is 0. The van der Waals surface area contributed by atoms with Crippen LogP contribution >= 0.6 is 12.2 Å². The quantitative estimate of drug-likeness (QED) is 0.0445. The molecule has 0 fully saturated rings. The predicted molar refractivity (Wildman–Crippen MR) is 237 cm³/mol. The van der Waals surface area contributed by atoms with Gasteiger partial charge in [-0.1, -0.05) is 103 Å². The number of aryl methyl sites for hydroxylation is 1. The summed E-state index contributed by atoms with van der Waals surface area (Å²) in [7, 11) is 1.67. The van der Waals surface area contributed by atoms with Gasteiger partial charge in [0.2, 0.25) is 0 Å². The van der Waals surface area contributed by atoms with Crippen molar-refractivity contribution in [3.05, 3.63) is 203 Å². The molecule has 1 radical (unpaired) electrons. The summed E-state index contributed by atoms with van der Waals surface area (Å²) in [6.45, 7) is 2.04. The average Bonchev–Trinajstić information content (AvgIpc) is 3.26. The molecule has 289 valence electrons. The van der Waals surface area contributed by atoms with E-state index in [0.717, 1.165) is 33.6 Å². The van der Waals surface area contributed by atoms with Gasteiger partial charge in [0.05, 0.1) is 23.7 Å². The number of nitrogens with two attached hydrogens (primary N) is 1. The van der Waals surface area contributed by atoms with Crippen LogP contribution in [0.1, 0.15) is 38.9 Å². The van der Waals surface area contributed by atoms with Crippen molar-refractivity contribution >= 4 is 53.2 Å². The number of benzene rings is 5. The van der Waals surface area contributed by atoms with Gasteiger partial charge in [-0.3, -0.25) is 4.98 Å². The number of aromatic nitrogens is 1. The van der Waals surface area contributed by atoms with Crippen molar-refractivity contribution in [1.82, 2.24) is 4.98 Å². The molecule has 6 rings (SSSR count). The van der Waals surface area contributed by atoms with E-state index in [-0.39, 0.29) is 49.8 Å². The summed E-state index contributed by atoms with van der Waals surface area (Å²) in [5.74, 6) is 1.29. The number of thiocarbonyl (C=S) groups is 1. The molecule has 0 atom stereocenters. The SMILES string of the molecule is COc1ccc(/C=C/c2cc[c-]cc2)cc1.Cc1ccc(/C=C(\C#N)c2cccnc2)cc1.N#CC(C#N)=Cc1ccc(O)cc1.NC(=S)/C=C/c1ccc(O)cc1.[Y]. The molecule has 0 saturated carbocycles. The van der Waals surface area contributed by atoms with Gasteiger partial charge in [0.1, 0.15) is 35.0 Å². The summed E-state index contributed by atoms with van der Waals surface area (Å²) >= 11 is 4.66. The molecule has 8 nitrogen and oxygen atoms in total. The number of aromatic hydroxyl groups is 2. The number of nitrogens with zero attached hydrogens (tertiary/aromatic N) is 4. The Hall–Kier alpha value is -6.93. The largest absolute Gasteiger partial charge is 0.508 e. The van der Waals surface area contributed by atoms with Crippen molar-refractivity contribution in [3.63, 3.8) is 0 Å². The van der Waals surface area contributed by atoms with Gasteiger partial charge in [-0.15, -0.1) is 5.56 Å². The van der Waals surface area contributed by atoms with Crippen LogP contribution in [0.25, 0.3) is 36.0 Å². The number of nitriles is 3. The maximum atomic E-state index is 9.15. The first kappa shape index (κ1) is 48.2. The Balaban J connectivity index is 0.000000272. The number of allylic oxidation sites excluding steroid dienone is 2. The van der Waals surface area contributed by atoms with E-state index in [2.05, 4.69) is 41.5 Å². The molecule has 1 heterocycles. The maximum Gasteiger partial charge on any atom is 0.130 e. The van der Waals surface area contributed by atoms with Crippen molar-refractivity contribution < 1.29 is 47.7 Å². The number of hydrogen-bond acceptors (Lipinski definition) is 8. The van der Waals surface area contributed by atoms with E-state index in [1.54, 1.807) is 80.2 Å².